The van der Waals surface area contributed by atoms with E-state index in [-0.39, 0.29) is 0 Å². The van der Waals surface area contributed by atoms with E-state index in [1.54, 1.807) is 24.3 Å². The molecule has 0 saturated carbocycles. The van der Waals surface area contributed by atoms with E-state index in [9.17, 15) is 4.79 Å². The maximum absolute atomic E-state index is 12.8. The first-order valence-corrected chi connectivity index (χ1v) is 9.86. The number of rotatable bonds is 2. The molecule has 1 aliphatic rings. The summed E-state index contributed by atoms with van der Waals surface area (Å²) in [5.41, 5.74) is 5.60. The Morgan fingerprint density at radius 3 is 2.07 bits per heavy atom. The van der Waals surface area contributed by atoms with Crippen LogP contribution in [0.2, 0.25) is 0 Å². The highest BCUT2D eigenvalue weighted by Crippen LogP contribution is 2.32. The number of amidine groups is 1. The Hall–Kier alpha value is -3.91. The zero-order valence-corrected chi connectivity index (χ0v) is 16.7. The summed E-state index contributed by atoms with van der Waals surface area (Å²) in [6.07, 6.45) is 0. The summed E-state index contributed by atoms with van der Waals surface area (Å²) < 4.78 is 5.81. The predicted molar refractivity (Wildman–Crippen MR) is 116 cm³/mol. The quantitative estimate of drug-likeness (QED) is 0.463. The number of aliphatic imine (C=N–C) groups is 1. The lowest BCUT2D eigenvalue weighted by Gasteiger charge is -2.24. The molecular weight excluding hydrogens is 374 g/mol. The number of carbonyl (C=O) groups excluding carboxylic acids is 1. The zero-order valence-electron chi connectivity index (χ0n) is 16.7. The maximum atomic E-state index is 12.8. The Morgan fingerprint density at radius 2 is 1.53 bits per heavy atom. The number of fused-ring (bicyclic) bond motifs is 3. The molecule has 0 N–H and O–H groups in total. The van der Waals surface area contributed by atoms with Crippen molar-refractivity contribution in [1.82, 2.24) is 4.90 Å². The summed E-state index contributed by atoms with van der Waals surface area (Å²) in [4.78, 5) is 19.1. The van der Waals surface area contributed by atoms with Crippen LogP contribution in [0.15, 0.2) is 77.8 Å². The van der Waals surface area contributed by atoms with Crippen molar-refractivity contribution in [3.63, 3.8) is 0 Å². The molecule has 4 rings (SSSR count). The molecule has 5 heteroatoms. The van der Waals surface area contributed by atoms with Crippen LogP contribution in [0.25, 0.3) is 11.1 Å². The van der Waals surface area contributed by atoms with Crippen LogP contribution in [0.5, 0.6) is 0 Å². The van der Waals surface area contributed by atoms with Crippen LogP contribution >= 0.6 is 0 Å². The number of hydrogen-bond donors (Lipinski definition) is 0. The van der Waals surface area contributed by atoms with Crippen molar-refractivity contribution in [1.29, 1.82) is 5.26 Å². The van der Waals surface area contributed by atoms with Gasteiger partial charge in [0.05, 0.1) is 18.2 Å². The van der Waals surface area contributed by atoms with Crippen molar-refractivity contribution < 1.29 is 9.53 Å². The van der Waals surface area contributed by atoms with E-state index in [0.29, 0.717) is 36.8 Å². The molecule has 5 nitrogen and oxygen atoms in total. The van der Waals surface area contributed by atoms with Gasteiger partial charge in [0.15, 0.2) is 0 Å². The molecule has 3 aromatic carbocycles. The van der Waals surface area contributed by atoms with Gasteiger partial charge in [-0.2, -0.15) is 10.3 Å². The Labute approximate surface area is 175 Å². The minimum atomic E-state index is -0.395. The van der Waals surface area contributed by atoms with E-state index in [4.69, 9.17) is 10.00 Å². The molecule has 0 bridgehead atoms. The molecule has 0 atom stereocenters. The number of ether oxygens (including phenoxy) is 1. The molecule has 0 unspecified atom stereocenters. The van der Waals surface area contributed by atoms with Gasteiger partial charge in [-0.15, -0.1) is 0 Å². The second kappa shape index (κ2) is 8.62. The molecule has 0 radical (unpaired) electrons. The van der Waals surface area contributed by atoms with Crippen molar-refractivity contribution in [2.75, 3.05) is 6.61 Å². The molecule has 0 aliphatic carbocycles. The Morgan fingerprint density at radius 1 is 0.967 bits per heavy atom. The fourth-order valence-electron chi connectivity index (χ4n) is 3.61. The van der Waals surface area contributed by atoms with Crippen molar-refractivity contribution in [2.45, 2.75) is 20.0 Å². The van der Waals surface area contributed by atoms with Crippen molar-refractivity contribution in [3.05, 3.63) is 95.1 Å². The van der Waals surface area contributed by atoms with Crippen LogP contribution in [0.4, 0.5) is 0 Å². The van der Waals surface area contributed by atoms with Gasteiger partial charge in [0, 0.05) is 18.7 Å². The SMILES string of the molecule is CCO/C(=N\C(=O)c1ccc(C#N)cc1)N1Cc2ccccc2-c2ccccc2C1. The summed E-state index contributed by atoms with van der Waals surface area (Å²) in [6.45, 7) is 3.45. The van der Waals surface area contributed by atoms with Gasteiger partial charge < -0.3 is 9.64 Å². The van der Waals surface area contributed by atoms with Gasteiger partial charge in [-0.25, -0.2) is 0 Å². The zero-order chi connectivity index (χ0) is 20.9. The average molecular weight is 395 g/mol. The lowest BCUT2D eigenvalue weighted by atomic mass is 9.97. The van der Waals surface area contributed by atoms with Gasteiger partial charge in [-0.1, -0.05) is 48.5 Å². The number of benzene rings is 3. The third kappa shape index (κ3) is 3.94. The van der Waals surface area contributed by atoms with Crippen LogP contribution in [0, 0.1) is 11.3 Å². The highest BCUT2D eigenvalue weighted by molar-refractivity contribution is 6.01. The molecule has 1 aliphatic heterocycles. The van der Waals surface area contributed by atoms with Gasteiger partial charge in [0.25, 0.3) is 11.9 Å². The summed E-state index contributed by atoms with van der Waals surface area (Å²) in [6, 6.07) is 25.4. The number of hydrogen-bond acceptors (Lipinski definition) is 3. The summed E-state index contributed by atoms with van der Waals surface area (Å²) in [5, 5.41) is 8.95. The third-order valence-electron chi connectivity index (χ3n) is 5.05. The van der Waals surface area contributed by atoms with E-state index in [1.807, 2.05) is 36.1 Å². The van der Waals surface area contributed by atoms with Gasteiger partial charge in [-0.3, -0.25) is 4.79 Å². The molecule has 0 fully saturated rings. The molecule has 148 valence electrons. The van der Waals surface area contributed by atoms with E-state index in [0.717, 1.165) is 11.1 Å². The van der Waals surface area contributed by atoms with Gasteiger partial charge in [-0.05, 0) is 53.4 Å². The number of amides is 1. The van der Waals surface area contributed by atoms with Gasteiger partial charge in [0.1, 0.15) is 0 Å². The molecule has 1 heterocycles. The van der Waals surface area contributed by atoms with Crippen LogP contribution < -0.4 is 0 Å². The highest BCUT2D eigenvalue weighted by Gasteiger charge is 2.23. The topological polar surface area (TPSA) is 65.7 Å². The lowest BCUT2D eigenvalue weighted by Crippen LogP contribution is -2.32. The third-order valence-corrected chi connectivity index (χ3v) is 5.05. The van der Waals surface area contributed by atoms with Crippen molar-refractivity contribution in [2.24, 2.45) is 4.99 Å². The normalized spacial score (nSPS) is 12.9. The summed E-state index contributed by atoms with van der Waals surface area (Å²) in [5.74, 6) is -0.395. The van der Waals surface area contributed by atoms with Gasteiger partial charge >= 0.3 is 0 Å². The fourth-order valence-corrected chi connectivity index (χ4v) is 3.61. The lowest BCUT2D eigenvalue weighted by molar-refractivity contribution is 0.0993. The standard InChI is InChI=1S/C25H21N3O2/c1-2-30-25(27-24(29)19-13-11-18(15-26)12-14-19)28-16-20-7-3-5-9-22(20)23-10-6-4-8-21(23)17-28/h3-14H,2,16-17H2,1H3/b27-25-. The number of carbonyl (C=O) groups is 1. The Bertz CT molecular complexity index is 1100. The van der Waals surface area contributed by atoms with Crippen molar-refractivity contribution >= 4 is 11.9 Å². The second-order valence-electron chi connectivity index (χ2n) is 6.99. The highest BCUT2D eigenvalue weighted by atomic mass is 16.5. The minimum Gasteiger partial charge on any atom is -0.465 e. The van der Waals surface area contributed by atoms with Gasteiger partial charge in [0.2, 0.25) is 0 Å². The molecule has 1 amide bonds. The van der Waals surface area contributed by atoms with E-state index in [1.165, 1.54) is 11.1 Å². The Balaban J connectivity index is 1.71. The first-order chi connectivity index (χ1) is 14.7. The fraction of sp³-hybridized carbons (Fsp3) is 0.160. The molecule has 0 spiro atoms. The first kappa shape index (κ1) is 19.4. The second-order valence-corrected chi connectivity index (χ2v) is 6.99. The van der Waals surface area contributed by atoms with E-state index in [2.05, 4.69) is 35.3 Å². The number of nitrogens with zero attached hydrogens (tertiary/aromatic N) is 3. The minimum absolute atomic E-state index is 0.304. The van der Waals surface area contributed by atoms with Crippen molar-refractivity contribution in [3.8, 4) is 17.2 Å². The molecule has 0 saturated heterocycles. The van der Waals surface area contributed by atoms with E-state index >= 15 is 0 Å². The smallest absolute Gasteiger partial charge is 0.296 e. The Kier molecular flexibility index (Phi) is 5.58. The molecular formula is C25H21N3O2. The largest absolute Gasteiger partial charge is 0.465 e. The predicted octanol–water partition coefficient (Wildman–Crippen LogP) is 4.77. The molecule has 3 aromatic rings. The summed E-state index contributed by atoms with van der Waals surface area (Å²) in [7, 11) is 0. The summed E-state index contributed by atoms with van der Waals surface area (Å²) >= 11 is 0. The van der Waals surface area contributed by atoms with Crippen LogP contribution in [-0.4, -0.2) is 23.4 Å². The molecule has 0 aromatic heterocycles. The van der Waals surface area contributed by atoms with Crippen LogP contribution in [0.1, 0.15) is 34.0 Å². The maximum Gasteiger partial charge on any atom is 0.296 e. The molecule has 30 heavy (non-hydrogen) atoms. The van der Waals surface area contributed by atoms with E-state index < -0.39 is 5.91 Å². The monoisotopic (exact) mass is 395 g/mol. The average Bonchev–Trinajstić information content (AvgIpc) is 2.96. The van der Waals surface area contributed by atoms with Crippen LogP contribution in [-0.2, 0) is 17.8 Å². The van der Waals surface area contributed by atoms with Crippen LogP contribution in [0.3, 0.4) is 0 Å². The first-order valence-electron chi connectivity index (χ1n) is 9.86. The number of nitriles is 1.